The number of rotatable bonds is 8. The van der Waals surface area contributed by atoms with E-state index in [-0.39, 0.29) is 6.04 Å². The van der Waals surface area contributed by atoms with Gasteiger partial charge in [0, 0.05) is 13.0 Å². The van der Waals surface area contributed by atoms with Crippen LogP contribution in [0, 0.1) is 11.8 Å². The lowest BCUT2D eigenvalue weighted by Crippen LogP contribution is -2.30. The number of benzene rings is 1. The topological polar surface area (TPSA) is 76.3 Å². The molecule has 0 amide bonds. The third-order valence-corrected chi connectivity index (χ3v) is 7.39. The van der Waals surface area contributed by atoms with E-state index in [2.05, 4.69) is 22.3 Å². The molecule has 1 aromatic carbocycles. The van der Waals surface area contributed by atoms with E-state index >= 15 is 0 Å². The van der Waals surface area contributed by atoms with Crippen molar-refractivity contribution in [3.8, 4) is 0 Å². The normalized spacial score (nSPS) is 23.8. The number of aromatic nitrogens is 2. The average Bonchev–Trinajstić information content (AvgIpc) is 3.25. The molecule has 6 nitrogen and oxygen atoms in total. The molecular formula is C21H29N3O3S. The zero-order valence-corrected chi connectivity index (χ0v) is 17.3. The lowest BCUT2D eigenvalue weighted by Gasteiger charge is -2.27. The molecule has 4 rings (SSSR count). The summed E-state index contributed by atoms with van der Waals surface area (Å²) in [5.74, 6) is 2.28. The Kier molecular flexibility index (Phi) is 5.83. The van der Waals surface area contributed by atoms with Gasteiger partial charge >= 0.3 is 0 Å². The summed E-state index contributed by atoms with van der Waals surface area (Å²) in [4.78, 5) is 4.55. The molecule has 2 aliphatic rings. The van der Waals surface area contributed by atoms with Crippen molar-refractivity contribution < 1.29 is 12.9 Å². The van der Waals surface area contributed by atoms with Crippen molar-refractivity contribution >= 4 is 10.0 Å². The van der Waals surface area contributed by atoms with E-state index in [1.54, 1.807) is 4.31 Å². The van der Waals surface area contributed by atoms with Crippen LogP contribution >= 0.6 is 0 Å². The van der Waals surface area contributed by atoms with Crippen molar-refractivity contribution in [3.63, 3.8) is 0 Å². The standard InChI is InChI=1S/C21H29N3O3S/c1-28(25,26)24-15-18(13-17-10-5-11-17)14-19(24)21-22-20(23-27-21)12-6-9-16-7-3-2-4-8-16/h2-4,7-8,17-19H,5-6,9-15H2,1H3. The highest BCUT2D eigenvalue weighted by Gasteiger charge is 2.42. The summed E-state index contributed by atoms with van der Waals surface area (Å²) in [6, 6.07) is 10.0. The van der Waals surface area contributed by atoms with Gasteiger partial charge in [0.25, 0.3) is 0 Å². The average molecular weight is 404 g/mol. The van der Waals surface area contributed by atoms with Gasteiger partial charge in [0.2, 0.25) is 15.9 Å². The molecule has 2 unspecified atom stereocenters. The van der Waals surface area contributed by atoms with Crippen LogP contribution in [0.5, 0.6) is 0 Å². The zero-order valence-electron chi connectivity index (χ0n) is 16.5. The Morgan fingerprint density at radius 1 is 1.14 bits per heavy atom. The molecule has 0 N–H and O–H groups in total. The third-order valence-electron chi connectivity index (χ3n) is 6.14. The molecule has 2 fully saturated rings. The maximum Gasteiger partial charge on any atom is 0.245 e. The number of nitrogens with zero attached hydrogens (tertiary/aromatic N) is 3. The van der Waals surface area contributed by atoms with Gasteiger partial charge in [-0.05, 0) is 43.1 Å². The van der Waals surface area contributed by atoms with Crippen molar-refractivity contribution in [3.05, 3.63) is 47.6 Å². The van der Waals surface area contributed by atoms with Crippen LogP contribution in [-0.4, -0.2) is 35.7 Å². The molecule has 1 aliphatic heterocycles. The van der Waals surface area contributed by atoms with Crippen LogP contribution in [0.15, 0.2) is 34.9 Å². The van der Waals surface area contributed by atoms with E-state index in [1.807, 2.05) is 18.2 Å². The van der Waals surface area contributed by atoms with Crippen LogP contribution in [0.4, 0.5) is 0 Å². The Hall–Kier alpha value is -1.73. The molecule has 2 heterocycles. The molecule has 7 heteroatoms. The van der Waals surface area contributed by atoms with Crippen molar-refractivity contribution in [2.24, 2.45) is 11.8 Å². The summed E-state index contributed by atoms with van der Waals surface area (Å²) in [6.45, 7) is 0.575. The lowest BCUT2D eigenvalue weighted by molar-refractivity contribution is 0.252. The fraction of sp³-hybridized carbons (Fsp3) is 0.619. The Morgan fingerprint density at radius 3 is 2.61 bits per heavy atom. The van der Waals surface area contributed by atoms with E-state index in [1.165, 1.54) is 31.1 Å². The molecule has 0 spiro atoms. The van der Waals surface area contributed by atoms with Crippen LogP contribution in [0.3, 0.4) is 0 Å². The Labute approximate surface area is 167 Å². The molecule has 2 aromatic rings. The first-order chi connectivity index (χ1) is 13.5. The van der Waals surface area contributed by atoms with Crippen LogP contribution in [0.1, 0.15) is 61.8 Å². The van der Waals surface area contributed by atoms with Gasteiger partial charge in [-0.1, -0.05) is 54.8 Å². The molecule has 152 valence electrons. The molecule has 1 aliphatic carbocycles. The number of hydrogen-bond acceptors (Lipinski definition) is 5. The summed E-state index contributed by atoms with van der Waals surface area (Å²) in [5, 5.41) is 4.11. The van der Waals surface area contributed by atoms with E-state index in [0.717, 1.165) is 38.0 Å². The van der Waals surface area contributed by atoms with Gasteiger partial charge in [-0.2, -0.15) is 9.29 Å². The Morgan fingerprint density at radius 2 is 1.93 bits per heavy atom. The first kappa shape index (κ1) is 19.6. The van der Waals surface area contributed by atoms with Crippen molar-refractivity contribution in [1.29, 1.82) is 0 Å². The smallest absolute Gasteiger partial charge is 0.245 e. The van der Waals surface area contributed by atoms with Gasteiger partial charge < -0.3 is 4.52 Å². The van der Waals surface area contributed by atoms with Crippen molar-refractivity contribution in [1.82, 2.24) is 14.4 Å². The summed E-state index contributed by atoms with van der Waals surface area (Å²) in [5.41, 5.74) is 1.30. The molecule has 0 radical (unpaired) electrons. The highest BCUT2D eigenvalue weighted by molar-refractivity contribution is 7.88. The second kappa shape index (κ2) is 8.33. The van der Waals surface area contributed by atoms with Gasteiger partial charge in [0.15, 0.2) is 5.82 Å². The van der Waals surface area contributed by atoms with Crippen LogP contribution in [0.25, 0.3) is 0 Å². The van der Waals surface area contributed by atoms with E-state index in [9.17, 15) is 8.42 Å². The summed E-state index contributed by atoms with van der Waals surface area (Å²) >= 11 is 0. The fourth-order valence-electron chi connectivity index (χ4n) is 4.45. The minimum atomic E-state index is -3.30. The number of aryl methyl sites for hydroxylation is 2. The lowest BCUT2D eigenvalue weighted by atomic mass is 9.78. The fourth-order valence-corrected chi connectivity index (χ4v) is 5.57. The SMILES string of the molecule is CS(=O)(=O)N1CC(CC2CCC2)CC1c1nc(CCCc2ccccc2)no1. The maximum atomic E-state index is 12.3. The predicted octanol–water partition coefficient (Wildman–Crippen LogP) is 3.76. The minimum Gasteiger partial charge on any atom is -0.338 e. The highest BCUT2D eigenvalue weighted by Crippen LogP contribution is 2.42. The Bertz CT molecular complexity index is 877. The molecular weight excluding hydrogens is 374 g/mol. The zero-order chi connectivity index (χ0) is 19.6. The van der Waals surface area contributed by atoms with Crippen LogP contribution in [-0.2, 0) is 22.9 Å². The quantitative estimate of drug-likeness (QED) is 0.671. The van der Waals surface area contributed by atoms with E-state index < -0.39 is 10.0 Å². The predicted molar refractivity (Wildman–Crippen MR) is 107 cm³/mol. The molecule has 0 bridgehead atoms. The minimum absolute atomic E-state index is 0.310. The first-order valence-electron chi connectivity index (χ1n) is 10.3. The summed E-state index contributed by atoms with van der Waals surface area (Å²) in [7, 11) is -3.30. The molecule has 1 aromatic heterocycles. The number of hydrogen-bond donors (Lipinski definition) is 0. The van der Waals surface area contributed by atoms with Crippen molar-refractivity contribution in [2.75, 3.05) is 12.8 Å². The molecule has 2 atom stereocenters. The molecule has 28 heavy (non-hydrogen) atoms. The van der Waals surface area contributed by atoms with Gasteiger partial charge in [0.05, 0.1) is 6.26 Å². The largest absolute Gasteiger partial charge is 0.338 e. The molecule has 1 saturated heterocycles. The highest BCUT2D eigenvalue weighted by atomic mass is 32.2. The van der Waals surface area contributed by atoms with E-state index in [4.69, 9.17) is 4.52 Å². The third kappa shape index (κ3) is 4.63. The molecule has 1 saturated carbocycles. The van der Waals surface area contributed by atoms with Crippen molar-refractivity contribution in [2.45, 2.75) is 57.4 Å². The van der Waals surface area contributed by atoms with Gasteiger partial charge in [-0.25, -0.2) is 8.42 Å². The number of sulfonamides is 1. The first-order valence-corrected chi connectivity index (χ1v) is 12.2. The van der Waals surface area contributed by atoms with Gasteiger partial charge in [-0.15, -0.1) is 0 Å². The summed E-state index contributed by atoms with van der Waals surface area (Å²) in [6.07, 6.45) is 9.69. The second-order valence-electron chi connectivity index (χ2n) is 8.37. The Balaban J connectivity index is 1.38. The van der Waals surface area contributed by atoms with Crippen LogP contribution in [0.2, 0.25) is 0 Å². The maximum absolute atomic E-state index is 12.3. The van der Waals surface area contributed by atoms with Gasteiger partial charge in [0.1, 0.15) is 6.04 Å². The monoisotopic (exact) mass is 403 g/mol. The van der Waals surface area contributed by atoms with E-state index in [0.29, 0.717) is 24.2 Å². The summed E-state index contributed by atoms with van der Waals surface area (Å²) < 4.78 is 31.7. The van der Waals surface area contributed by atoms with Gasteiger partial charge in [-0.3, -0.25) is 0 Å². The van der Waals surface area contributed by atoms with Crippen LogP contribution < -0.4 is 0 Å². The second-order valence-corrected chi connectivity index (χ2v) is 10.3.